The molecule has 1 fully saturated rings. The lowest BCUT2D eigenvalue weighted by Gasteiger charge is -2.29. The molecular weight excluding hydrogens is 322 g/mol. The molecule has 1 saturated heterocycles. The number of phenolic OH excluding ortho intramolecular Hbond substituents is 1. The fraction of sp³-hybridized carbons (Fsp3) is 0.364. The van der Waals surface area contributed by atoms with Crippen molar-refractivity contribution in [1.82, 2.24) is 14.9 Å². The fourth-order valence-corrected chi connectivity index (χ4v) is 4.07. The Balaban J connectivity index is 1.77. The van der Waals surface area contributed by atoms with Crippen molar-refractivity contribution in [3.05, 3.63) is 53.2 Å². The van der Waals surface area contributed by atoms with Crippen molar-refractivity contribution >= 4 is 11.0 Å². The zero-order valence-corrected chi connectivity index (χ0v) is 15.7. The Hall–Kier alpha value is -2.46. The van der Waals surface area contributed by atoms with Crippen molar-refractivity contribution in [2.75, 3.05) is 20.1 Å². The van der Waals surface area contributed by atoms with Gasteiger partial charge in [0, 0.05) is 29.1 Å². The summed E-state index contributed by atoms with van der Waals surface area (Å²) in [6.45, 7) is 6.21. The predicted octanol–water partition coefficient (Wildman–Crippen LogP) is 4.43. The van der Waals surface area contributed by atoms with Gasteiger partial charge in [0.15, 0.2) is 5.65 Å². The van der Waals surface area contributed by atoms with Gasteiger partial charge in [-0.3, -0.25) is 0 Å². The third-order valence-electron chi connectivity index (χ3n) is 5.33. The van der Waals surface area contributed by atoms with Crippen LogP contribution in [0.25, 0.3) is 22.3 Å². The van der Waals surface area contributed by atoms with Gasteiger partial charge in [-0.1, -0.05) is 6.07 Å². The number of hydrogen-bond donors (Lipinski definition) is 1. The molecule has 1 N–H and O–H groups in total. The van der Waals surface area contributed by atoms with Crippen molar-refractivity contribution in [1.29, 1.82) is 0 Å². The fourth-order valence-electron chi connectivity index (χ4n) is 4.07. The van der Waals surface area contributed by atoms with Crippen LogP contribution in [-0.4, -0.2) is 40.1 Å². The average molecular weight is 347 g/mol. The molecule has 0 saturated carbocycles. The maximum atomic E-state index is 10.4. The van der Waals surface area contributed by atoms with Gasteiger partial charge in [0.25, 0.3) is 0 Å². The molecule has 26 heavy (non-hydrogen) atoms. The van der Waals surface area contributed by atoms with Gasteiger partial charge < -0.3 is 10.0 Å². The molecule has 3 heterocycles. The molecule has 4 nitrogen and oxygen atoms in total. The molecule has 3 aromatic rings. The van der Waals surface area contributed by atoms with Crippen molar-refractivity contribution < 1.29 is 5.11 Å². The van der Waals surface area contributed by atoms with Crippen LogP contribution in [0.2, 0.25) is 0 Å². The number of benzene rings is 1. The molecule has 4 heteroatoms. The second kappa shape index (κ2) is 6.69. The van der Waals surface area contributed by atoms with E-state index in [1.165, 1.54) is 19.4 Å². The third kappa shape index (κ3) is 3.17. The first kappa shape index (κ1) is 17.0. The third-order valence-corrected chi connectivity index (χ3v) is 5.33. The van der Waals surface area contributed by atoms with Gasteiger partial charge in [-0.15, -0.1) is 0 Å². The highest BCUT2D eigenvalue weighted by atomic mass is 16.3. The summed E-state index contributed by atoms with van der Waals surface area (Å²) in [5.41, 5.74) is 5.52. The topological polar surface area (TPSA) is 49.2 Å². The molecule has 0 bridgehead atoms. The van der Waals surface area contributed by atoms with Crippen LogP contribution < -0.4 is 0 Å². The zero-order chi connectivity index (χ0) is 18.3. The predicted molar refractivity (Wildman–Crippen MR) is 106 cm³/mol. The normalized spacial score (nSPS) is 18.3. The Morgan fingerprint density at radius 3 is 2.65 bits per heavy atom. The van der Waals surface area contributed by atoms with Crippen LogP contribution in [0.3, 0.4) is 0 Å². The molecule has 0 aliphatic carbocycles. The maximum Gasteiger partial charge on any atom is 0.160 e. The summed E-state index contributed by atoms with van der Waals surface area (Å²) in [4.78, 5) is 12.0. The second-order valence-electron chi connectivity index (χ2n) is 7.56. The van der Waals surface area contributed by atoms with E-state index in [2.05, 4.69) is 30.1 Å². The molecule has 2 aromatic heterocycles. The Labute approximate surface area is 154 Å². The highest BCUT2D eigenvalue weighted by Gasteiger charge is 2.20. The molecule has 134 valence electrons. The standard InChI is InChI=1S/C22H25N3O/c1-14-11-15(2)21(20(26)12-14)19-9-7-16-6-8-18(23-22(16)24-19)17-5-4-10-25(3)13-17/h6-9,11-12,17,26H,4-5,10,13H2,1-3H3. The lowest BCUT2D eigenvalue weighted by molar-refractivity contribution is 0.248. The number of hydrogen-bond acceptors (Lipinski definition) is 4. The minimum absolute atomic E-state index is 0.277. The summed E-state index contributed by atoms with van der Waals surface area (Å²) in [5, 5.41) is 11.5. The Morgan fingerprint density at radius 1 is 1.08 bits per heavy atom. The average Bonchev–Trinajstić information content (AvgIpc) is 2.60. The Bertz CT molecular complexity index is 944. The Kier molecular flexibility index (Phi) is 4.37. The van der Waals surface area contributed by atoms with E-state index in [9.17, 15) is 5.11 Å². The summed E-state index contributed by atoms with van der Waals surface area (Å²) in [7, 11) is 2.17. The van der Waals surface area contributed by atoms with Gasteiger partial charge in [0.05, 0.1) is 5.69 Å². The van der Waals surface area contributed by atoms with Crippen LogP contribution in [0, 0.1) is 13.8 Å². The van der Waals surface area contributed by atoms with Crippen molar-refractivity contribution in [2.24, 2.45) is 0 Å². The monoisotopic (exact) mass is 347 g/mol. The lowest BCUT2D eigenvalue weighted by atomic mass is 9.94. The largest absolute Gasteiger partial charge is 0.507 e. The number of likely N-dealkylation sites (tertiary alicyclic amines) is 1. The van der Waals surface area contributed by atoms with Gasteiger partial charge in [0.1, 0.15) is 5.75 Å². The van der Waals surface area contributed by atoms with E-state index in [1.54, 1.807) is 6.07 Å². The van der Waals surface area contributed by atoms with Crippen molar-refractivity contribution in [3.8, 4) is 17.0 Å². The van der Waals surface area contributed by atoms with Crippen LogP contribution in [-0.2, 0) is 0 Å². The maximum absolute atomic E-state index is 10.4. The SMILES string of the molecule is Cc1cc(C)c(-c2ccc3ccc(C4CCCN(C)C4)nc3n2)c(O)c1. The molecule has 1 aromatic carbocycles. The van der Waals surface area contributed by atoms with E-state index in [1.807, 2.05) is 26.0 Å². The summed E-state index contributed by atoms with van der Waals surface area (Å²) >= 11 is 0. The quantitative estimate of drug-likeness (QED) is 0.745. The van der Waals surface area contributed by atoms with Crippen LogP contribution in [0.4, 0.5) is 0 Å². The number of aromatic nitrogens is 2. The van der Waals surface area contributed by atoms with Crippen LogP contribution in [0.5, 0.6) is 5.75 Å². The van der Waals surface area contributed by atoms with Gasteiger partial charge in [-0.2, -0.15) is 0 Å². The Morgan fingerprint density at radius 2 is 1.88 bits per heavy atom. The van der Waals surface area contributed by atoms with E-state index in [4.69, 9.17) is 9.97 Å². The minimum atomic E-state index is 0.277. The van der Waals surface area contributed by atoms with Crippen molar-refractivity contribution in [3.63, 3.8) is 0 Å². The van der Waals surface area contributed by atoms with Gasteiger partial charge in [0.2, 0.25) is 0 Å². The number of pyridine rings is 2. The number of aromatic hydroxyl groups is 1. The number of likely N-dealkylation sites (N-methyl/N-ethyl adjacent to an activating group) is 1. The first-order chi connectivity index (χ1) is 12.5. The zero-order valence-electron chi connectivity index (χ0n) is 15.7. The molecule has 1 unspecified atom stereocenters. The van der Waals surface area contributed by atoms with Crippen LogP contribution in [0.1, 0.15) is 35.6 Å². The number of fused-ring (bicyclic) bond motifs is 1. The molecular formula is C22H25N3O. The molecule has 1 atom stereocenters. The van der Waals surface area contributed by atoms with E-state index in [0.717, 1.165) is 45.7 Å². The highest BCUT2D eigenvalue weighted by Crippen LogP contribution is 2.33. The number of phenols is 1. The second-order valence-corrected chi connectivity index (χ2v) is 7.56. The lowest BCUT2D eigenvalue weighted by Crippen LogP contribution is -2.31. The van der Waals surface area contributed by atoms with E-state index >= 15 is 0 Å². The van der Waals surface area contributed by atoms with Gasteiger partial charge >= 0.3 is 0 Å². The van der Waals surface area contributed by atoms with Gasteiger partial charge in [-0.25, -0.2) is 9.97 Å². The van der Waals surface area contributed by atoms with E-state index in [-0.39, 0.29) is 5.75 Å². The molecule has 0 amide bonds. The number of nitrogens with zero attached hydrogens (tertiary/aromatic N) is 3. The highest BCUT2D eigenvalue weighted by molar-refractivity contribution is 5.81. The first-order valence-corrected chi connectivity index (χ1v) is 9.28. The minimum Gasteiger partial charge on any atom is -0.507 e. The number of piperidine rings is 1. The molecule has 1 aliphatic heterocycles. The summed E-state index contributed by atoms with van der Waals surface area (Å²) in [6, 6.07) is 12.1. The van der Waals surface area contributed by atoms with Crippen molar-refractivity contribution in [2.45, 2.75) is 32.6 Å². The van der Waals surface area contributed by atoms with E-state index < -0.39 is 0 Å². The van der Waals surface area contributed by atoms with Gasteiger partial charge in [-0.05, 0) is 81.7 Å². The molecule has 1 aliphatic rings. The summed E-state index contributed by atoms with van der Waals surface area (Å²) in [6.07, 6.45) is 2.39. The first-order valence-electron chi connectivity index (χ1n) is 9.28. The summed E-state index contributed by atoms with van der Waals surface area (Å²) < 4.78 is 0. The molecule has 0 radical (unpaired) electrons. The van der Waals surface area contributed by atoms with Crippen LogP contribution in [0.15, 0.2) is 36.4 Å². The molecule has 0 spiro atoms. The van der Waals surface area contributed by atoms with Crippen LogP contribution >= 0.6 is 0 Å². The number of aryl methyl sites for hydroxylation is 2. The van der Waals surface area contributed by atoms with E-state index in [0.29, 0.717) is 5.92 Å². The number of rotatable bonds is 2. The smallest absolute Gasteiger partial charge is 0.160 e. The molecule has 4 rings (SSSR count). The summed E-state index contributed by atoms with van der Waals surface area (Å²) in [5.74, 6) is 0.748.